The van der Waals surface area contributed by atoms with E-state index in [0.717, 1.165) is 0 Å². The number of amides is 1. The molecule has 1 amide bonds. The molecule has 0 bridgehead atoms. The van der Waals surface area contributed by atoms with Crippen LogP contribution in [-0.4, -0.2) is 72.2 Å². The summed E-state index contributed by atoms with van der Waals surface area (Å²) in [5.74, 6) is -1.45. The summed E-state index contributed by atoms with van der Waals surface area (Å²) in [6, 6.07) is 0. The van der Waals surface area contributed by atoms with Crippen LogP contribution >= 0.6 is 0 Å². The third-order valence-corrected chi connectivity index (χ3v) is 4.96. The largest absolute Gasteiger partial charge is 0.469 e. The van der Waals surface area contributed by atoms with E-state index in [1.165, 1.54) is 11.4 Å². The molecule has 1 atom stereocenters. The molecular weight excluding hydrogens is 274 g/mol. The van der Waals surface area contributed by atoms with Crippen molar-refractivity contribution in [3.8, 4) is 0 Å². The Morgan fingerprint density at radius 1 is 1.37 bits per heavy atom. The molecule has 1 saturated heterocycles. The van der Waals surface area contributed by atoms with Crippen LogP contribution in [-0.2, 0) is 29.2 Å². The van der Waals surface area contributed by atoms with E-state index in [-0.39, 0.29) is 0 Å². The van der Waals surface area contributed by atoms with Crippen molar-refractivity contribution in [2.75, 3.05) is 47.5 Å². The Morgan fingerprint density at radius 3 is 2.42 bits per heavy atom. The molecule has 1 rings (SSSR count). The molecule has 0 saturated carbocycles. The van der Waals surface area contributed by atoms with E-state index in [4.69, 9.17) is 4.74 Å². The van der Waals surface area contributed by atoms with Crippen LogP contribution in [0.2, 0.25) is 0 Å². The molecule has 0 radical (unpaired) electrons. The minimum atomic E-state index is -3.01. The predicted molar refractivity (Wildman–Crippen MR) is 68.3 cm³/mol. The maximum Gasteiger partial charge on any atom is 0.315 e. The van der Waals surface area contributed by atoms with Crippen molar-refractivity contribution >= 4 is 22.0 Å². The molecule has 1 aliphatic rings. The topological polar surface area (TPSA) is 88.5 Å². The number of hydrogen-bond donors (Lipinski definition) is 0. The van der Waals surface area contributed by atoms with Gasteiger partial charge in [-0.1, -0.05) is 0 Å². The fraction of sp³-hybridized carbons (Fsp3) is 0.800. The van der Waals surface area contributed by atoms with E-state index in [2.05, 4.69) is 9.10 Å². The van der Waals surface area contributed by atoms with Gasteiger partial charge in [0.2, 0.25) is 0 Å². The van der Waals surface area contributed by atoms with Crippen molar-refractivity contribution < 1.29 is 23.3 Å². The lowest BCUT2D eigenvalue weighted by atomic mass is 10.4. The Hall–Kier alpha value is -1.03. The maximum atomic E-state index is 12.8. The molecule has 19 heavy (non-hydrogen) atoms. The van der Waals surface area contributed by atoms with Gasteiger partial charge in [-0.2, -0.15) is 0 Å². The zero-order chi connectivity index (χ0) is 14.5. The van der Waals surface area contributed by atoms with Crippen LogP contribution in [0.15, 0.2) is 4.36 Å². The average Bonchev–Trinajstić information content (AvgIpc) is 2.39. The fourth-order valence-corrected chi connectivity index (χ4v) is 3.21. The number of esters is 1. The molecule has 1 unspecified atom stereocenters. The van der Waals surface area contributed by atoms with Crippen molar-refractivity contribution in [3.63, 3.8) is 0 Å². The highest BCUT2D eigenvalue weighted by atomic mass is 32.2. The summed E-state index contributed by atoms with van der Waals surface area (Å²) in [5, 5.41) is 0. The molecule has 0 aliphatic carbocycles. The summed E-state index contributed by atoms with van der Waals surface area (Å²) in [7, 11) is 1.33. The van der Waals surface area contributed by atoms with Crippen LogP contribution in [0, 0.1) is 0 Å². The van der Waals surface area contributed by atoms with E-state index >= 15 is 0 Å². The number of morpholine rings is 1. The molecule has 1 aliphatic heterocycles. The molecule has 1 heterocycles. The highest BCUT2D eigenvalue weighted by Crippen LogP contribution is 2.12. The number of rotatable bonds is 4. The molecule has 0 aromatic carbocycles. The SMILES string of the molecule is COC(=O)CC(=O)N=S(=O)(N(C)C)N1CCOCC1. The van der Waals surface area contributed by atoms with Gasteiger partial charge in [0, 0.05) is 27.2 Å². The van der Waals surface area contributed by atoms with Gasteiger partial charge in [0.05, 0.1) is 20.3 Å². The Labute approximate surface area is 113 Å². The molecule has 0 spiro atoms. The van der Waals surface area contributed by atoms with Crippen LogP contribution in [0.1, 0.15) is 6.42 Å². The number of carbonyl (C=O) groups is 2. The van der Waals surface area contributed by atoms with Crippen LogP contribution in [0.3, 0.4) is 0 Å². The lowest BCUT2D eigenvalue weighted by Crippen LogP contribution is -2.46. The first-order valence-electron chi connectivity index (χ1n) is 5.77. The number of carbonyl (C=O) groups excluding carboxylic acids is 2. The summed E-state index contributed by atoms with van der Waals surface area (Å²) in [6.45, 7) is 1.72. The Morgan fingerprint density at radius 2 is 1.95 bits per heavy atom. The normalized spacial score (nSPS) is 19.8. The second-order valence-corrected chi connectivity index (χ2v) is 6.43. The van der Waals surface area contributed by atoms with Crippen LogP contribution in [0.25, 0.3) is 0 Å². The number of methoxy groups -OCH3 is 1. The quantitative estimate of drug-likeness (QED) is 0.503. The van der Waals surface area contributed by atoms with E-state index in [9.17, 15) is 13.8 Å². The van der Waals surface area contributed by atoms with Crippen LogP contribution in [0.5, 0.6) is 0 Å². The lowest BCUT2D eigenvalue weighted by molar-refractivity contribution is -0.143. The number of hydrogen-bond acceptors (Lipinski definition) is 5. The molecular formula is C10H19N3O5S. The second-order valence-electron chi connectivity index (χ2n) is 4.06. The summed E-state index contributed by atoms with van der Waals surface area (Å²) in [4.78, 5) is 22.7. The zero-order valence-corrected chi connectivity index (χ0v) is 12.1. The van der Waals surface area contributed by atoms with Gasteiger partial charge in [-0.25, -0.2) is 12.8 Å². The minimum absolute atomic E-state index is 0.423. The minimum Gasteiger partial charge on any atom is -0.469 e. The number of nitrogens with zero attached hydrogens (tertiary/aromatic N) is 3. The molecule has 8 nitrogen and oxygen atoms in total. The van der Waals surface area contributed by atoms with Crippen molar-refractivity contribution in [3.05, 3.63) is 0 Å². The summed E-state index contributed by atoms with van der Waals surface area (Å²) < 4.78 is 29.0. The van der Waals surface area contributed by atoms with Crippen molar-refractivity contribution in [2.45, 2.75) is 6.42 Å². The van der Waals surface area contributed by atoms with E-state index in [1.54, 1.807) is 18.4 Å². The van der Waals surface area contributed by atoms with Gasteiger partial charge in [-0.3, -0.25) is 9.59 Å². The Kier molecular flexibility index (Phi) is 5.85. The van der Waals surface area contributed by atoms with Gasteiger partial charge < -0.3 is 9.47 Å². The molecule has 0 aromatic heterocycles. The van der Waals surface area contributed by atoms with E-state index < -0.39 is 28.4 Å². The van der Waals surface area contributed by atoms with Crippen molar-refractivity contribution in [1.29, 1.82) is 0 Å². The maximum absolute atomic E-state index is 12.8. The molecule has 110 valence electrons. The first-order valence-corrected chi connectivity index (χ1v) is 7.20. The summed E-state index contributed by atoms with van der Waals surface area (Å²) in [6.07, 6.45) is -0.508. The number of ether oxygens (including phenoxy) is 2. The van der Waals surface area contributed by atoms with Gasteiger partial charge in [-0.15, -0.1) is 4.36 Å². The zero-order valence-electron chi connectivity index (χ0n) is 11.3. The van der Waals surface area contributed by atoms with Gasteiger partial charge in [0.25, 0.3) is 5.91 Å². The van der Waals surface area contributed by atoms with Crippen LogP contribution in [0.4, 0.5) is 0 Å². The third-order valence-electron chi connectivity index (χ3n) is 2.53. The lowest BCUT2D eigenvalue weighted by Gasteiger charge is -2.31. The Balaban J connectivity index is 2.94. The first-order chi connectivity index (χ1) is 8.90. The van der Waals surface area contributed by atoms with E-state index in [0.29, 0.717) is 26.3 Å². The van der Waals surface area contributed by atoms with Crippen molar-refractivity contribution in [1.82, 2.24) is 8.61 Å². The molecule has 9 heteroatoms. The van der Waals surface area contributed by atoms with Gasteiger partial charge in [0.1, 0.15) is 6.42 Å². The molecule has 0 aromatic rings. The fourth-order valence-electron chi connectivity index (χ4n) is 1.52. The van der Waals surface area contributed by atoms with Gasteiger partial charge >= 0.3 is 5.97 Å². The highest BCUT2D eigenvalue weighted by Gasteiger charge is 2.26. The Bertz CT molecular complexity index is 450. The van der Waals surface area contributed by atoms with Crippen LogP contribution < -0.4 is 0 Å². The average molecular weight is 293 g/mol. The molecule has 0 N–H and O–H groups in total. The monoisotopic (exact) mass is 293 g/mol. The highest BCUT2D eigenvalue weighted by molar-refractivity contribution is 7.89. The molecule has 1 fully saturated rings. The summed E-state index contributed by atoms with van der Waals surface area (Å²) >= 11 is 0. The van der Waals surface area contributed by atoms with Crippen molar-refractivity contribution in [2.24, 2.45) is 4.36 Å². The standard InChI is InChI=1S/C10H19N3O5S/c1-12(2)19(16,13-4-6-18-7-5-13)11-9(14)8-10(15)17-3/h4-8H2,1-3H3. The third kappa shape index (κ3) is 4.23. The second kappa shape index (κ2) is 6.94. The predicted octanol–water partition coefficient (Wildman–Crippen LogP) is -0.732. The van der Waals surface area contributed by atoms with Gasteiger partial charge in [0.15, 0.2) is 10.1 Å². The summed E-state index contributed by atoms with van der Waals surface area (Å²) in [5.41, 5.74) is 0. The first kappa shape index (κ1) is 16.0. The van der Waals surface area contributed by atoms with Gasteiger partial charge in [-0.05, 0) is 0 Å². The van der Waals surface area contributed by atoms with E-state index in [1.807, 2.05) is 0 Å². The smallest absolute Gasteiger partial charge is 0.315 e.